The van der Waals surface area contributed by atoms with Gasteiger partial charge in [-0.25, -0.2) is 0 Å². The maximum Gasteiger partial charge on any atom is 0.328 e. The van der Waals surface area contributed by atoms with E-state index in [1.165, 1.54) is 11.3 Å². The summed E-state index contributed by atoms with van der Waals surface area (Å²) in [5.74, 6) is -1.17. The first-order chi connectivity index (χ1) is 11.0. The van der Waals surface area contributed by atoms with Gasteiger partial charge in [-0.15, -0.1) is 11.3 Å². The second-order valence-electron chi connectivity index (χ2n) is 5.10. The highest BCUT2D eigenvalue weighted by molar-refractivity contribution is 7.16. The molecule has 0 unspecified atom stereocenters. The normalized spacial score (nSPS) is 11.1. The van der Waals surface area contributed by atoms with Gasteiger partial charge in [0, 0.05) is 9.75 Å². The van der Waals surface area contributed by atoms with Crippen molar-refractivity contribution in [1.29, 1.82) is 0 Å². The first-order valence-electron chi connectivity index (χ1n) is 7.54. The van der Waals surface area contributed by atoms with Crippen LogP contribution in [0.15, 0.2) is 42.5 Å². The molecule has 0 N–H and O–H groups in total. The van der Waals surface area contributed by atoms with Crippen LogP contribution >= 0.6 is 11.3 Å². The fraction of sp³-hybridized carbons (Fsp3) is 0.333. The zero-order valence-electron chi connectivity index (χ0n) is 13.5. The molecule has 1 aromatic carbocycles. The Kier molecular flexibility index (Phi) is 5.55. The highest BCUT2D eigenvalue weighted by Crippen LogP contribution is 2.37. The third kappa shape index (κ3) is 3.45. The summed E-state index contributed by atoms with van der Waals surface area (Å²) in [5, 5.41) is 0. The topological polar surface area (TPSA) is 52.6 Å². The molecule has 0 spiro atoms. The van der Waals surface area contributed by atoms with Gasteiger partial charge in [0.25, 0.3) is 0 Å². The second kappa shape index (κ2) is 7.42. The SMILES string of the molecule is CCOC(=O)C(C)(C(=O)OCC)c1ccc(-c2ccccc2)s1. The minimum atomic E-state index is -1.44. The largest absolute Gasteiger partial charge is 0.465 e. The van der Waals surface area contributed by atoms with Gasteiger partial charge in [-0.2, -0.15) is 0 Å². The average Bonchev–Trinajstić information content (AvgIpc) is 3.05. The Morgan fingerprint density at radius 1 is 0.957 bits per heavy atom. The number of ether oxygens (including phenoxy) is 2. The lowest BCUT2D eigenvalue weighted by Gasteiger charge is -2.23. The molecular weight excluding hydrogens is 312 g/mol. The van der Waals surface area contributed by atoms with E-state index >= 15 is 0 Å². The van der Waals surface area contributed by atoms with Crippen molar-refractivity contribution in [1.82, 2.24) is 0 Å². The molecule has 0 saturated heterocycles. The van der Waals surface area contributed by atoms with E-state index in [0.29, 0.717) is 4.88 Å². The van der Waals surface area contributed by atoms with E-state index in [-0.39, 0.29) is 13.2 Å². The maximum absolute atomic E-state index is 12.4. The second-order valence-corrected chi connectivity index (χ2v) is 6.18. The summed E-state index contributed by atoms with van der Waals surface area (Å²) in [6.45, 7) is 5.42. The van der Waals surface area contributed by atoms with E-state index in [0.717, 1.165) is 10.4 Å². The molecule has 0 fully saturated rings. The predicted octanol–water partition coefficient (Wildman–Crippen LogP) is 3.80. The van der Waals surface area contributed by atoms with Gasteiger partial charge >= 0.3 is 11.9 Å². The van der Waals surface area contributed by atoms with Crippen LogP contribution in [0.25, 0.3) is 10.4 Å². The molecule has 0 aliphatic carbocycles. The minimum absolute atomic E-state index is 0.213. The molecule has 1 heterocycles. The van der Waals surface area contributed by atoms with Crippen molar-refractivity contribution in [3.8, 4) is 10.4 Å². The Morgan fingerprint density at radius 2 is 1.52 bits per heavy atom. The lowest BCUT2D eigenvalue weighted by atomic mass is 9.89. The number of hydrogen-bond donors (Lipinski definition) is 0. The Bertz CT molecular complexity index is 657. The van der Waals surface area contributed by atoms with Gasteiger partial charge in [0.15, 0.2) is 5.41 Å². The number of esters is 2. The Morgan fingerprint density at radius 3 is 2.04 bits per heavy atom. The third-order valence-corrected chi connectivity index (χ3v) is 4.88. The van der Waals surface area contributed by atoms with Crippen molar-refractivity contribution < 1.29 is 19.1 Å². The van der Waals surface area contributed by atoms with Gasteiger partial charge < -0.3 is 9.47 Å². The molecule has 0 bridgehead atoms. The maximum atomic E-state index is 12.4. The summed E-state index contributed by atoms with van der Waals surface area (Å²) < 4.78 is 10.2. The van der Waals surface area contributed by atoms with Crippen molar-refractivity contribution in [2.45, 2.75) is 26.2 Å². The molecule has 5 heteroatoms. The Labute approximate surface area is 140 Å². The fourth-order valence-electron chi connectivity index (χ4n) is 2.20. The van der Waals surface area contributed by atoms with E-state index in [1.54, 1.807) is 26.8 Å². The lowest BCUT2D eigenvalue weighted by Crippen LogP contribution is -2.43. The smallest absolute Gasteiger partial charge is 0.328 e. The molecule has 0 radical (unpaired) electrons. The first kappa shape index (κ1) is 17.2. The van der Waals surface area contributed by atoms with Gasteiger partial charge in [0.05, 0.1) is 13.2 Å². The summed E-state index contributed by atoms with van der Waals surface area (Å²) in [6.07, 6.45) is 0. The Hall–Kier alpha value is -2.14. The molecule has 23 heavy (non-hydrogen) atoms. The van der Waals surface area contributed by atoms with Crippen molar-refractivity contribution >= 4 is 23.3 Å². The average molecular weight is 332 g/mol. The van der Waals surface area contributed by atoms with Crippen LogP contribution in [-0.2, 0) is 24.5 Å². The molecule has 0 aliphatic heterocycles. The standard InChI is InChI=1S/C18H20O4S/c1-4-21-16(19)18(3,17(20)22-5-2)15-12-11-14(23-15)13-9-7-6-8-10-13/h6-12H,4-5H2,1-3H3. The number of carbonyl (C=O) groups is 2. The predicted molar refractivity (Wildman–Crippen MR) is 90.4 cm³/mol. The van der Waals surface area contributed by atoms with Crippen molar-refractivity contribution in [3.05, 3.63) is 47.3 Å². The lowest BCUT2D eigenvalue weighted by molar-refractivity contribution is -0.163. The summed E-state index contributed by atoms with van der Waals surface area (Å²) >= 11 is 1.40. The van der Waals surface area contributed by atoms with E-state index in [9.17, 15) is 9.59 Å². The summed E-state index contributed by atoms with van der Waals surface area (Å²) in [5.41, 5.74) is -0.400. The van der Waals surface area contributed by atoms with E-state index in [1.807, 2.05) is 36.4 Å². The molecule has 2 aromatic rings. The van der Waals surface area contributed by atoms with Crippen LogP contribution < -0.4 is 0 Å². The van der Waals surface area contributed by atoms with Gasteiger partial charge in [-0.05, 0) is 38.5 Å². The molecule has 0 amide bonds. The van der Waals surface area contributed by atoms with E-state index in [2.05, 4.69) is 0 Å². The number of rotatable bonds is 6. The van der Waals surface area contributed by atoms with Gasteiger partial charge in [-0.1, -0.05) is 30.3 Å². The first-order valence-corrected chi connectivity index (χ1v) is 8.35. The monoisotopic (exact) mass is 332 g/mol. The zero-order chi connectivity index (χ0) is 16.9. The number of carbonyl (C=O) groups excluding carboxylic acids is 2. The van der Waals surface area contributed by atoms with Crippen LogP contribution in [0.1, 0.15) is 25.6 Å². The van der Waals surface area contributed by atoms with Gasteiger partial charge in [0.2, 0.25) is 0 Å². The molecule has 0 atom stereocenters. The van der Waals surface area contributed by atoms with Crippen LogP contribution in [0.2, 0.25) is 0 Å². The molecule has 2 rings (SSSR count). The molecule has 4 nitrogen and oxygen atoms in total. The van der Waals surface area contributed by atoms with Gasteiger partial charge in [-0.3, -0.25) is 9.59 Å². The molecule has 1 aromatic heterocycles. The number of benzene rings is 1. The van der Waals surface area contributed by atoms with Crippen LogP contribution in [0.3, 0.4) is 0 Å². The molecule has 0 saturated carbocycles. The molecular formula is C18H20O4S. The van der Waals surface area contributed by atoms with Crippen LogP contribution in [0.5, 0.6) is 0 Å². The van der Waals surface area contributed by atoms with Crippen molar-refractivity contribution in [3.63, 3.8) is 0 Å². The van der Waals surface area contributed by atoms with E-state index in [4.69, 9.17) is 9.47 Å². The Balaban J connectivity index is 2.42. The third-order valence-electron chi connectivity index (χ3n) is 3.52. The van der Waals surface area contributed by atoms with Crippen LogP contribution in [-0.4, -0.2) is 25.2 Å². The molecule has 122 valence electrons. The van der Waals surface area contributed by atoms with E-state index < -0.39 is 17.4 Å². The number of thiophene rings is 1. The zero-order valence-corrected chi connectivity index (χ0v) is 14.3. The summed E-state index contributed by atoms with van der Waals surface area (Å²) in [6, 6.07) is 13.5. The number of hydrogen-bond acceptors (Lipinski definition) is 5. The van der Waals surface area contributed by atoms with Crippen molar-refractivity contribution in [2.75, 3.05) is 13.2 Å². The summed E-state index contributed by atoms with van der Waals surface area (Å²) in [4.78, 5) is 26.4. The fourth-order valence-corrected chi connectivity index (χ4v) is 3.33. The van der Waals surface area contributed by atoms with Gasteiger partial charge in [0.1, 0.15) is 0 Å². The highest BCUT2D eigenvalue weighted by Gasteiger charge is 2.47. The quantitative estimate of drug-likeness (QED) is 0.596. The van der Waals surface area contributed by atoms with Crippen LogP contribution in [0, 0.1) is 0 Å². The van der Waals surface area contributed by atoms with Crippen LogP contribution in [0.4, 0.5) is 0 Å². The summed E-state index contributed by atoms with van der Waals surface area (Å²) in [7, 11) is 0. The highest BCUT2D eigenvalue weighted by atomic mass is 32.1. The minimum Gasteiger partial charge on any atom is -0.465 e. The molecule has 0 aliphatic rings. The van der Waals surface area contributed by atoms with Crippen molar-refractivity contribution in [2.24, 2.45) is 0 Å².